The van der Waals surface area contributed by atoms with Crippen LogP contribution in [0.5, 0.6) is 0 Å². The predicted octanol–water partition coefficient (Wildman–Crippen LogP) is 13.2. The summed E-state index contributed by atoms with van der Waals surface area (Å²) < 4.78 is 2.63. The Labute approximate surface area is 276 Å². The van der Waals surface area contributed by atoms with E-state index >= 15 is 0 Å². The molecule has 47 heavy (non-hydrogen) atoms. The monoisotopic (exact) mass is 616 g/mol. The van der Waals surface area contributed by atoms with Crippen LogP contribution in [0.1, 0.15) is 0 Å². The zero-order valence-corrected chi connectivity index (χ0v) is 26.3. The summed E-state index contributed by atoms with van der Waals surface area (Å²) in [6.07, 6.45) is 0. The SMILES string of the molecule is c1ccc(N(c2ccc(-c3cc4c5c(cccc5c3)Nc3ccc5ccccc5c3-4)cc2)c2ccc3sc4ccccc4c3c2)cc1. The minimum atomic E-state index is 1.13. The van der Waals surface area contributed by atoms with Gasteiger partial charge in [-0.25, -0.2) is 0 Å². The number of nitrogens with one attached hydrogen (secondary N) is 1. The Morgan fingerprint density at radius 3 is 2.04 bits per heavy atom. The molecule has 0 radical (unpaired) electrons. The number of benzene rings is 8. The molecule has 0 fully saturated rings. The molecule has 0 aliphatic carbocycles. The van der Waals surface area contributed by atoms with Crippen LogP contribution >= 0.6 is 11.3 Å². The van der Waals surface area contributed by atoms with Gasteiger partial charge in [0.2, 0.25) is 0 Å². The molecule has 0 bridgehead atoms. The van der Waals surface area contributed by atoms with Crippen molar-refractivity contribution in [2.45, 2.75) is 0 Å². The fraction of sp³-hybridized carbons (Fsp3) is 0. The molecule has 0 spiro atoms. The van der Waals surface area contributed by atoms with Gasteiger partial charge in [-0.1, -0.05) is 91.0 Å². The zero-order valence-electron chi connectivity index (χ0n) is 25.4. The second kappa shape index (κ2) is 10.3. The van der Waals surface area contributed by atoms with Gasteiger partial charge in [0.1, 0.15) is 0 Å². The average Bonchev–Trinajstić information content (AvgIpc) is 3.50. The summed E-state index contributed by atoms with van der Waals surface area (Å²) in [6.45, 7) is 0. The standard InChI is InChI=1S/C44H28N2S/c1-2-11-32(12-3-1)46(34-22-24-42-37(27-34)36-14-6-7-16-41(36)47-42)33-20-17-28(18-21-33)31-25-30-10-8-15-39-43(30)38(26-31)44-35-13-5-4-9-29(35)19-23-40(44)45-39/h1-27,45H. The Morgan fingerprint density at radius 1 is 0.426 bits per heavy atom. The topological polar surface area (TPSA) is 15.3 Å². The van der Waals surface area contributed by atoms with Crippen LogP contribution < -0.4 is 10.2 Å². The van der Waals surface area contributed by atoms with Gasteiger partial charge in [0.15, 0.2) is 0 Å². The third kappa shape index (κ3) is 4.17. The van der Waals surface area contributed by atoms with Gasteiger partial charge in [0.25, 0.3) is 0 Å². The van der Waals surface area contributed by atoms with E-state index in [0.29, 0.717) is 0 Å². The maximum absolute atomic E-state index is 3.72. The Bertz CT molecular complexity index is 2650. The van der Waals surface area contributed by atoms with Crippen LogP contribution in [0.15, 0.2) is 164 Å². The van der Waals surface area contributed by atoms with E-state index in [1.165, 1.54) is 64.0 Å². The van der Waals surface area contributed by atoms with E-state index in [0.717, 1.165) is 28.4 Å². The Kier molecular flexibility index (Phi) is 5.78. The van der Waals surface area contributed by atoms with E-state index in [1.54, 1.807) is 0 Å². The van der Waals surface area contributed by atoms with Crippen LogP contribution in [0, 0.1) is 0 Å². The molecule has 2 heterocycles. The molecule has 1 N–H and O–H groups in total. The van der Waals surface area contributed by atoms with Crippen LogP contribution in [0.3, 0.4) is 0 Å². The molecule has 0 saturated heterocycles. The summed E-state index contributed by atoms with van der Waals surface area (Å²) in [4.78, 5) is 2.36. The normalized spacial score (nSPS) is 12.0. The summed E-state index contributed by atoms with van der Waals surface area (Å²) in [6, 6.07) is 59.7. The molecule has 220 valence electrons. The Morgan fingerprint density at radius 2 is 1.15 bits per heavy atom. The largest absolute Gasteiger partial charge is 0.354 e. The van der Waals surface area contributed by atoms with Crippen molar-refractivity contribution in [2.24, 2.45) is 0 Å². The van der Waals surface area contributed by atoms with Crippen molar-refractivity contribution in [1.29, 1.82) is 0 Å². The predicted molar refractivity (Wildman–Crippen MR) is 203 cm³/mol. The smallest absolute Gasteiger partial charge is 0.0470 e. The van der Waals surface area contributed by atoms with Crippen LogP contribution in [-0.4, -0.2) is 0 Å². The Balaban J connectivity index is 1.11. The van der Waals surface area contributed by atoms with Crippen molar-refractivity contribution >= 4 is 81.5 Å². The molecule has 1 aliphatic rings. The number of para-hydroxylation sites is 1. The summed E-state index contributed by atoms with van der Waals surface area (Å²) in [7, 11) is 0. The number of anilines is 5. The lowest BCUT2D eigenvalue weighted by Gasteiger charge is -2.26. The highest BCUT2D eigenvalue weighted by molar-refractivity contribution is 7.25. The van der Waals surface area contributed by atoms with Crippen LogP contribution in [0.4, 0.5) is 28.4 Å². The van der Waals surface area contributed by atoms with Gasteiger partial charge >= 0.3 is 0 Å². The van der Waals surface area contributed by atoms with Gasteiger partial charge < -0.3 is 10.2 Å². The van der Waals surface area contributed by atoms with E-state index in [1.807, 2.05) is 11.3 Å². The van der Waals surface area contributed by atoms with Crippen LogP contribution in [0.25, 0.3) is 64.0 Å². The molecule has 0 amide bonds. The molecule has 2 nitrogen and oxygen atoms in total. The molecule has 0 unspecified atom stereocenters. The van der Waals surface area contributed by atoms with Crippen molar-refractivity contribution in [3.8, 4) is 22.3 Å². The summed E-state index contributed by atoms with van der Waals surface area (Å²) in [5.74, 6) is 0. The lowest BCUT2D eigenvalue weighted by Crippen LogP contribution is -2.09. The fourth-order valence-corrected chi connectivity index (χ4v) is 8.47. The fourth-order valence-electron chi connectivity index (χ4n) is 7.39. The molecule has 8 aromatic carbocycles. The first-order chi connectivity index (χ1) is 23.3. The molecule has 1 aromatic heterocycles. The van der Waals surface area contributed by atoms with Crippen LogP contribution in [0.2, 0.25) is 0 Å². The van der Waals surface area contributed by atoms with Crippen LogP contribution in [-0.2, 0) is 0 Å². The van der Waals surface area contributed by atoms with Gasteiger partial charge in [0.05, 0.1) is 0 Å². The summed E-state index contributed by atoms with van der Waals surface area (Å²) in [5.41, 5.74) is 10.7. The average molecular weight is 617 g/mol. The first-order valence-corrected chi connectivity index (χ1v) is 16.8. The van der Waals surface area contributed by atoms with Crippen molar-refractivity contribution in [3.63, 3.8) is 0 Å². The maximum Gasteiger partial charge on any atom is 0.0470 e. The van der Waals surface area contributed by atoms with Gasteiger partial charge in [-0.2, -0.15) is 0 Å². The molecular formula is C44H28N2S. The number of rotatable bonds is 4. The van der Waals surface area contributed by atoms with E-state index in [4.69, 9.17) is 0 Å². The molecule has 10 rings (SSSR count). The third-order valence-electron chi connectivity index (χ3n) is 9.54. The van der Waals surface area contributed by atoms with Crippen molar-refractivity contribution in [2.75, 3.05) is 10.2 Å². The van der Waals surface area contributed by atoms with Gasteiger partial charge in [-0.05, 0) is 106 Å². The second-order valence-electron chi connectivity index (χ2n) is 12.3. The van der Waals surface area contributed by atoms with Gasteiger partial charge in [0, 0.05) is 59.6 Å². The highest BCUT2D eigenvalue weighted by atomic mass is 32.1. The number of thiophene rings is 1. The highest BCUT2D eigenvalue weighted by Crippen LogP contribution is 2.48. The Hall–Kier alpha value is -5.90. The van der Waals surface area contributed by atoms with Crippen molar-refractivity contribution in [3.05, 3.63) is 164 Å². The molecule has 0 atom stereocenters. The van der Waals surface area contributed by atoms with E-state index < -0.39 is 0 Å². The number of nitrogens with zero attached hydrogens (tertiary/aromatic N) is 1. The minimum absolute atomic E-state index is 1.13. The zero-order chi connectivity index (χ0) is 30.9. The van der Waals surface area contributed by atoms with E-state index in [-0.39, 0.29) is 0 Å². The van der Waals surface area contributed by atoms with Crippen molar-refractivity contribution < 1.29 is 0 Å². The third-order valence-corrected chi connectivity index (χ3v) is 10.7. The molecule has 3 heteroatoms. The maximum atomic E-state index is 3.72. The van der Waals surface area contributed by atoms with E-state index in [2.05, 4.69) is 174 Å². The molecule has 0 saturated carbocycles. The molecule has 1 aliphatic heterocycles. The summed E-state index contributed by atoms with van der Waals surface area (Å²) in [5, 5.41) is 11.4. The minimum Gasteiger partial charge on any atom is -0.354 e. The summed E-state index contributed by atoms with van der Waals surface area (Å²) >= 11 is 1.86. The molecule has 9 aromatic rings. The quantitative estimate of drug-likeness (QED) is 0.212. The number of hydrogen-bond acceptors (Lipinski definition) is 3. The lowest BCUT2D eigenvalue weighted by atomic mass is 9.86. The second-order valence-corrected chi connectivity index (χ2v) is 13.3. The van der Waals surface area contributed by atoms with Crippen molar-refractivity contribution in [1.82, 2.24) is 0 Å². The van der Waals surface area contributed by atoms with Gasteiger partial charge in [-0.3, -0.25) is 0 Å². The van der Waals surface area contributed by atoms with E-state index in [9.17, 15) is 0 Å². The number of fused-ring (bicyclic) bond motifs is 7. The van der Waals surface area contributed by atoms with Gasteiger partial charge in [-0.15, -0.1) is 11.3 Å². The first kappa shape index (κ1) is 26.3. The lowest BCUT2D eigenvalue weighted by molar-refractivity contribution is 1.29. The number of hydrogen-bond donors (Lipinski definition) is 1. The first-order valence-electron chi connectivity index (χ1n) is 16.0. The molecular weight excluding hydrogens is 589 g/mol. The highest BCUT2D eigenvalue weighted by Gasteiger charge is 2.22.